The normalized spacial score (nSPS) is 12.8. The van der Waals surface area contributed by atoms with Crippen molar-refractivity contribution in [3.63, 3.8) is 0 Å². The van der Waals surface area contributed by atoms with Crippen LogP contribution < -0.4 is 5.32 Å². The topological polar surface area (TPSA) is 120 Å². The number of nitrogens with zero attached hydrogens (tertiary/aromatic N) is 1. The van der Waals surface area contributed by atoms with Crippen LogP contribution >= 0.6 is 0 Å². The second-order valence-corrected chi connectivity index (χ2v) is 12.6. The number of carbonyl (C=O) groups excluding carboxylic acids is 4. The van der Waals surface area contributed by atoms with E-state index in [0.717, 1.165) is 5.56 Å². The Morgan fingerprint density at radius 2 is 1.25 bits per heavy atom. The molecule has 0 spiro atoms. The maximum atomic E-state index is 13.3. The van der Waals surface area contributed by atoms with Crippen LogP contribution in [0.3, 0.4) is 0 Å². The molecule has 1 aromatic rings. The van der Waals surface area contributed by atoms with E-state index in [-0.39, 0.29) is 26.1 Å². The molecule has 0 radical (unpaired) electrons. The molecule has 0 bridgehead atoms. The number of benzene rings is 1. The number of ether oxygens (including phenoxy) is 4. The number of hydrogen-bond acceptors (Lipinski definition) is 9. The molecule has 1 atom stereocenters. The summed E-state index contributed by atoms with van der Waals surface area (Å²) in [6, 6.07) is 8.44. The first kappa shape index (κ1) is 34.9. The van der Waals surface area contributed by atoms with E-state index >= 15 is 0 Å². The van der Waals surface area contributed by atoms with E-state index in [1.54, 1.807) is 62.3 Å². The van der Waals surface area contributed by atoms with Crippen LogP contribution in [-0.4, -0.2) is 71.4 Å². The van der Waals surface area contributed by atoms with Crippen LogP contribution in [0.4, 0.5) is 4.79 Å². The van der Waals surface area contributed by atoms with Gasteiger partial charge in [-0.25, -0.2) is 4.79 Å². The monoisotopic (exact) mass is 564 g/mol. The third kappa shape index (κ3) is 16.7. The van der Waals surface area contributed by atoms with Crippen molar-refractivity contribution in [3.8, 4) is 0 Å². The molecule has 0 unspecified atom stereocenters. The van der Waals surface area contributed by atoms with Gasteiger partial charge in [-0.3, -0.25) is 19.3 Å². The van der Waals surface area contributed by atoms with Gasteiger partial charge in [0.2, 0.25) is 0 Å². The average Bonchev–Trinajstić information content (AvgIpc) is 2.76. The molecule has 0 saturated heterocycles. The van der Waals surface area contributed by atoms with Gasteiger partial charge in [-0.1, -0.05) is 30.3 Å². The van der Waals surface area contributed by atoms with E-state index in [4.69, 9.17) is 18.9 Å². The maximum Gasteiger partial charge on any atom is 0.407 e. The molecule has 0 aromatic heterocycles. The highest BCUT2D eigenvalue weighted by molar-refractivity contribution is 5.80. The number of carbonyl (C=O) groups is 4. The molecule has 226 valence electrons. The zero-order valence-corrected chi connectivity index (χ0v) is 25.6. The van der Waals surface area contributed by atoms with E-state index < -0.39 is 46.8 Å². The summed E-state index contributed by atoms with van der Waals surface area (Å²) in [4.78, 5) is 52.2. The second kappa shape index (κ2) is 15.6. The Labute approximate surface area is 239 Å². The molecule has 10 nitrogen and oxygen atoms in total. The summed E-state index contributed by atoms with van der Waals surface area (Å²) in [5.74, 6) is -1.71. The van der Waals surface area contributed by atoms with Crippen molar-refractivity contribution in [2.45, 2.75) is 111 Å². The highest BCUT2D eigenvalue weighted by atomic mass is 16.6. The number of esters is 3. The Hall–Kier alpha value is -3.14. The van der Waals surface area contributed by atoms with E-state index in [9.17, 15) is 19.2 Å². The summed E-state index contributed by atoms with van der Waals surface area (Å²) < 4.78 is 21.8. The van der Waals surface area contributed by atoms with Gasteiger partial charge in [0.15, 0.2) is 0 Å². The quantitative estimate of drug-likeness (QED) is 0.205. The molecule has 0 heterocycles. The van der Waals surface area contributed by atoms with Crippen LogP contribution in [0.5, 0.6) is 0 Å². The molecule has 0 aliphatic rings. The van der Waals surface area contributed by atoms with Crippen molar-refractivity contribution in [2.75, 3.05) is 19.6 Å². The lowest BCUT2D eigenvalue weighted by Gasteiger charge is -2.33. The summed E-state index contributed by atoms with van der Waals surface area (Å²) in [6.45, 7) is 15.6. The van der Waals surface area contributed by atoms with E-state index in [2.05, 4.69) is 5.32 Å². The van der Waals surface area contributed by atoms with E-state index in [1.807, 2.05) is 30.3 Å². The highest BCUT2D eigenvalue weighted by Gasteiger charge is 2.34. The highest BCUT2D eigenvalue weighted by Crippen LogP contribution is 2.18. The van der Waals surface area contributed by atoms with Gasteiger partial charge in [-0.15, -0.1) is 0 Å². The molecule has 0 saturated carbocycles. The van der Waals surface area contributed by atoms with Crippen LogP contribution in [0.1, 0.15) is 87.1 Å². The third-order valence-corrected chi connectivity index (χ3v) is 5.01. The smallest absolute Gasteiger partial charge is 0.407 e. The number of amides is 1. The van der Waals surface area contributed by atoms with Crippen LogP contribution in [0.15, 0.2) is 30.3 Å². The minimum atomic E-state index is -0.913. The first-order valence-electron chi connectivity index (χ1n) is 13.7. The number of alkyl carbamates (subject to hydrolysis) is 1. The molecule has 1 aromatic carbocycles. The summed E-state index contributed by atoms with van der Waals surface area (Å²) >= 11 is 0. The summed E-state index contributed by atoms with van der Waals surface area (Å²) in [7, 11) is 0. The fourth-order valence-corrected chi connectivity index (χ4v) is 3.60. The second-order valence-electron chi connectivity index (χ2n) is 12.6. The molecule has 40 heavy (non-hydrogen) atoms. The number of unbranched alkanes of at least 4 members (excludes halogenated alkanes) is 1. The molecule has 0 aliphatic heterocycles. The Bertz CT molecular complexity index is 929. The minimum Gasteiger partial charge on any atom is -0.459 e. The van der Waals surface area contributed by atoms with Crippen LogP contribution in [-0.2, 0) is 39.9 Å². The van der Waals surface area contributed by atoms with Crippen molar-refractivity contribution in [1.82, 2.24) is 10.2 Å². The van der Waals surface area contributed by atoms with Gasteiger partial charge < -0.3 is 24.3 Å². The van der Waals surface area contributed by atoms with Gasteiger partial charge >= 0.3 is 24.0 Å². The van der Waals surface area contributed by atoms with Gasteiger partial charge in [0, 0.05) is 6.54 Å². The van der Waals surface area contributed by atoms with Crippen molar-refractivity contribution >= 4 is 24.0 Å². The van der Waals surface area contributed by atoms with Gasteiger partial charge in [0.25, 0.3) is 0 Å². The van der Waals surface area contributed by atoms with Gasteiger partial charge in [-0.2, -0.15) is 0 Å². The molecule has 1 amide bonds. The van der Waals surface area contributed by atoms with E-state index in [1.165, 1.54) is 4.90 Å². The van der Waals surface area contributed by atoms with Gasteiger partial charge in [0.1, 0.15) is 29.5 Å². The molecule has 1 rings (SSSR count). The molecular formula is C30H48N2O8. The molecule has 0 fully saturated rings. The van der Waals surface area contributed by atoms with Gasteiger partial charge in [-0.05, 0) is 87.1 Å². The number of hydrogen-bond donors (Lipinski definition) is 1. The van der Waals surface area contributed by atoms with Crippen molar-refractivity contribution in [1.29, 1.82) is 0 Å². The fourth-order valence-electron chi connectivity index (χ4n) is 3.60. The number of nitrogens with one attached hydrogen (secondary N) is 1. The largest absolute Gasteiger partial charge is 0.459 e. The zero-order valence-electron chi connectivity index (χ0n) is 25.6. The Kier molecular flexibility index (Phi) is 13.6. The zero-order chi connectivity index (χ0) is 30.6. The van der Waals surface area contributed by atoms with Crippen LogP contribution in [0.25, 0.3) is 0 Å². The Morgan fingerprint density at radius 1 is 0.750 bits per heavy atom. The fraction of sp³-hybridized carbons (Fsp3) is 0.667. The lowest BCUT2D eigenvalue weighted by atomic mass is 10.1. The Morgan fingerprint density at radius 3 is 1.73 bits per heavy atom. The first-order chi connectivity index (χ1) is 18.3. The molecule has 0 aliphatic carbocycles. The van der Waals surface area contributed by atoms with Crippen molar-refractivity contribution < 1.29 is 38.1 Å². The minimum absolute atomic E-state index is 0.164. The van der Waals surface area contributed by atoms with Crippen LogP contribution in [0.2, 0.25) is 0 Å². The predicted octanol–water partition coefficient (Wildman–Crippen LogP) is 4.78. The molecule has 10 heteroatoms. The predicted molar refractivity (Wildman–Crippen MR) is 151 cm³/mol. The van der Waals surface area contributed by atoms with E-state index in [0.29, 0.717) is 19.4 Å². The van der Waals surface area contributed by atoms with Gasteiger partial charge in [0.05, 0.1) is 13.1 Å². The molecular weight excluding hydrogens is 516 g/mol. The van der Waals surface area contributed by atoms with Crippen molar-refractivity contribution in [2.24, 2.45) is 0 Å². The van der Waals surface area contributed by atoms with Crippen LogP contribution in [0, 0.1) is 0 Å². The Balaban J connectivity index is 2.89. The number of rotatable bonds is 13. The first-order valence-corrected chi connectivity index (χ1v) is 13.7. The summed E-state index contributed by atoms with van der Waals surface area (Å²) in [5, 5.41) is 2.70. The SMILES string of the molecule is CC(C)(C)OC(=O)CN(CC(=O)OC(C)(C)C)[C@@H](CCCCNC(=O)OCc1ccccc1)C(=O)OC(C)(C)C. The summed E-state index contributed by atoms with van der Waals surface area (Å²) in [5.41, 5.74) is -1.37. The lowest BCUT2D eigenvalue weighted by Crippen LogP contribution is -2.50. The third-order valence-electron chi connectivity index (χ3n) is 5.01. The van der Waals surface area contributed by atoms with Crippen molar-refractivity contribution in [3.05, 3.63) is 35.9 Å². The average molecular weight is 565 g/mol. The maximum absolute atomic E-state index is 13.3. The summed E-state index contributed by atoms with van der Waals surface area (Å²) in [6.07, 6.45) is 0.777. The standard InChI is InChI=1S/C30H48N2O8/c1-28(2,3)38-24(33)19-32(20-25(34)39-29(4,5)6)23(26(35)40-30(7,8)9)17-13-14-18-31-27(36)37-21-22-15-11-10-12-16-22/h10-12,15-16,23H,13-14,17-21H2,1-9H3,(H,31,36)/t23-/m0/s1. The lowest BCUT2D eigenvalue weighted by molar-refractivity contribution is -0.168. The molecule has 1 N–H and O–H groups in total.